The molecule has 0 N–H and O–H groups in total. The average Bonchev–Trinajstić information content (AvgIpc) is 3.52. The zero-order valence-electron chi connectivity index (χ0n) is 23.1. The maximum Gasteiger partial charge on any atom is 0.152 e. The van der Waals surface area contributed by atoms with Gasteiger partial charge in [0.15, 0.2) is 23.0 Å². The van der Waals surface area contributed by atoms with Gasteiger partial charge in [-0.15, -0.1) is 0 Å². The van der Waals surface area contributed by atoms with Crippen LogP contribution in [0.25, 0.3) is 66.1 Å². The number of fused-ring (bicyclic) bond motifs is 10. The molecule has 0 fully saturated rings. The number of aryl methyl sites for hydroxylation is 2. The van der Waals surface area contributed by atoms with Gasteiger partial charge in [-0.1, -0.05) is 48.5 Å². The predicted octanol–water partition coefficient (Wildman–Crippen LogP) is 10.4. The van der Waals surface area contributed by atoms with E-state index in [-0.39, 0.29) is 0 Å². The van der Waals surface area contributed by atoms with Gasteiger partial charge < -0.3 is 18.6 Å². The molecule has 0 atom stereocenters. The Balaban J connectivity index is 1.21. The van der Waals surface area contributed by atoms with E-state index in [1.54, 1.807) is 0 Å². The van der Waals surface area contributed by atoms with E-state index in [2.05, 4.69) is 132 Å². The maximum atomic E-state index is 6.39. The molecule has 4 nitrogen and oxygen atoms in total. The van der Waals surface area contributed by atoms with Gasteiger partial charge in [0.1, 0.15) is 0 Å². The van der Waals surface area contributed by atoms with Gasteiger partial charge in [0, 0.05) is 21.5 Å². The summed E-state index contributed by atoms with van der Waals surface area (Å²) in [5, 5.41) is 4.85. The van der Waals surface area contributed by atoms with Gasteiger partial charge in [-0.05, 0) is 96.8 Å². The Morgan fingerprint density at radius 3 is 1.38 bits per heavy atom. The van der Waals surface area contributed by atoms with Crippen molar-refractivity contribution in [2.24, 2.45) is 0 Å². The average molecular weight is 541 g/mol. The number of aromatic nitrogens is 2. The lowest BCUT2D eigenvalue weighted by molar-refractivity contribution is 0.476. The molecule has 8 aromatic rings. The van der Waals surface area contributed by atoms with Gasteiger partial charge >= 0.3 is 0 Å². The van der Waals surface area contributed by atoms with Crippen molar-refractivity contribution in [1.82, 2.24) is 9.13 Å². The van der Waals surface area contributed by atoms with Crippen molar-refractivity contribution < 1.29 is 9.47 Å². The fourth-order valence-corrected chi connectivity index (χ4v) is 7.11. The number of hydrogen-bond donors (Lipinski definition) is 0. The summed E-state index contributed by atoms with van der Waals surface area (Å²) >= 11 is 0. The van der Waals surface area contributed by atoms with Gasteiger partial charge in [-0.3, -0.25) is 0 Å². The number of benzene rings is 6. The van der Waals surface area contributed by atoms with Crippen molar-refractivity contribution in [3.05, 3.63) is 120 Å². The number of hydrogen-bond acceptors (Lipinski definition) is 2. The van der Waals surface area contributed by atoms with Crippen molar-refractivity contribution in [3.63, 3.8) is 0 Å². The van der Waals surface area contributed by atoms with Gasteiger partial charge in [-0.2, -0.15) is 0 Å². The molecular weight excluding hydrogens is 516 g/mol. The molecule has 198 valence electrons. The molecule has 2 aromatic heterocycles. The van der Waals surface area contributed by atoms with Gasteiger partial charge in [0.05, 0.1) is 33.4 Å². The topological polar surface area (TPSA) is 28.3 Å². The summed E-state index contributed by atoms with van der Waals surface area (Å²) in [6.45, 7) is 4.21. The fourth-order valence-electron chi connectivity index (χ4n) is 7.11. The van der Waals surface area contributed by atoms with Crippen LogP contribution in [0.4, 0.5) is 0 Å². The molecule has 0 aliphatic carbocycles. The first-order valence-electron chi connectivity index (χ1n) is 14.3. The van der Waals surface area contributed by atoms with Crippen LogP contribution >= 0.6 is 0 Å². The Morgan fingerprint density at radius 2 is 0.905 bits per heavy atom. The van der Waals surface area contributed by atoms with E-state index in [9.17, 15) is 0 Å². The third kappa shape index (κ3) is 2.76. The summed E-state index contributed by atoms with van der Waals surface area (Å²) in [7, 11) is 0. The zero-order chi connectivity index (χ0) is 27.7. The van der Waals surface area contributed by atoms with Gasteiger partial charge in [-0.25, -0.2) is 0 Å². The Kier molecular flexibility index (Phi) is 4.04. The van der Waals surface area contributed by atoms with E-state index >= 15 is 0 Å². The molecule has 0 bridgehead atoms. The highest BCUT2D eigenvalue weighted by atomic mass is 16.5. The van der Waals surface area contributed by atoms with Crippen LogP contribution in [0.2, 0.25) is 0 Å². The molecule has 4 heterocycles. The van der Waals surface area contributed by atoms with Crippen molar-refractivity contribution in [1.29, 1.82) is 0 Å². The second kappa shape index (κ2) is 7.62. The first kappa shape index (κ1) is 22.2. The minimum absolute atomic E-state index is 0.899. The second-order valence-electron chi connectivity index (χ2n) is 11.6. The molecule has 0 unspecified atom stereocenters. The summed E-state index contributed by atoms with van der Waals surface area (Å²) in [5.74, 6) is 3.60. The number of para-hydroxylation sites is 2. The molecular formula is C38H24N2O2. The minimum atomic E-state index is 0.899. The molecule has 42 heavy (non-hydrogen) atoms. The van der Waals surface area contributed by atoms with Gasteiger partial charge in [0.2, 0.25) is 0 Å². The molecule has 0 radical (unpaired) electrons. The van der Waals surface area contributed by atoms with Crippen LogP contribution in [-0.4, -0.2) is 9.13 Å². The summed E-state index contributed by atoms with van der Waals surface area (Å²) in [4.78, 5) is 0. The van der Waals surface area contributed by atoms with E-state index in [4.69, 9.17) is 9.47 Å². The third-order valence-electron chi connectivity index (χ3n) is 8.99. The SMILES string of the molecule is Cc1ccc2c(c1)Oc1cccc3c4cc(-c5ccc6c(c5)c5cccc7c5n6-c5ccc(C)cc5O7)ccc4n-2c13. The van der Waals surface area contributed by atoms with Crippen molar-refractivity contribution >= 4 is 43.6 Å². The van der Waals surface area contributed by atoms with E-state index in [0.29, 0.717) is 0 Å². The smallest absolute Gasteiger partial charge is 0.152 e. The second-order valence-corrected chi connectivity index (χ2v) is 11.6. The highest BCUT2D eigenvalue weighted by Crippen LogP contribution is 2.48. The Morgan fingerprint density at radius 1 is 0.429 bits per heavy atom. The van der Waals surface area contributed by atoms with E-state index in [1.807, 2.05) is 0 Å². The quantitative estimate of drug-likeness (QED) is 0.207. The summed E-state index contributed by atoms with van der Waals surface area (Å²) in [6.07, 6.45) is 0. The Labute approximate surface area is 241 Å². The highest BCUT2D eigenvalue weighted by Gasteiger charge is 2.26. The summed E-state index contributed by atoms with van der Waals surface area (Å²) in [5.41, 5.74) is 11.5. The van der Waals surface area contributed by atoms with Crippen molar-refractivity contribution in [2.75, 3.05) is 0 Å². The maximum absolute atomic E-state index is 6.39. The lowest BCUT2D eigenvalue weighted by Crippen LogP contribution is -2.04. The van der Waals surface area contributed by atoms with Crippen LogP contribution in [0.3, 0.4) is 0 Å². The lowest BCUT2D eigenvalue weighted by atomic mass is 10.0. The fraction of sp³-hybridized carbons (Fsp3) is 0.0526. The van der Waals surface area contributed by atoms with Gasteiger partial charge in [0.25, 0.3) is 0 Å². The molecule has 0 spiro atoms. The monoisotopic (exact) mass is 540 g/mol. The largest absolute Gasteiger partial charge is 0.453 e. The summed E-state index contributed by atoms with van der Waals surface area (Å²) < 4.78 is 17.5. The van der Waals surface area contributed by atoms with E-state index < -0.39 is 0 Å². The molecule has 0 amide bonds. The molecule has 10 rings (SSSR count). The van der Waals surface area contributed by atoms with E-state index in [0.717, 1.165) is 45.4 Å². The van der Waals surface area contributed by atoms with Crippen LogP contribution in [0.1, 0.15) is 11.1 Å². The molecule has 4 heteroatoms. The molecule has 2 aliphatic heterocycles. The standard InChI is InChI=1S/C38H24N2O2/c1-21-9-13-31-35(17-21)41-33-7-3-5-25-27-19-23(11-15-29(27)39(31)37(25)33)24-12-16-30-28(20-24)26-6-4-8-34-38(26)40(30)32-14-10-22(2)18-36(32)42-34/h3-20H,1-2H3. The van der Waals surface area contributed by atoms with Crippen LogP contribution < -0.4 is 9.47 Å². The predicted molar refractivity (Wildman–Crippen MR) is 170 cm³/mol. The molecule has 0 saturated heterocycles. The first-order valence-corrected chi connectivity index (χ1v) is 14.3. The number of rotatable bonds is 1. The number of ether oxygens (including phenoxy) is 2. The molecule has 0 saturated carbocycles. The molecule has 2 aliphatic rings. The molecule has 6 aromatic carbocycles. The van der Waals surface area contributed by atoms with Crippen LogP contribution in [0.15, 0.2) is 109 Å². The zero-order valence-corrected chi connectivity index (χ0v) is 23.1. The van der Waals surface area contributed by atoms with Crippen LogP contribution in [0.5, 0.6) is 23.0 Å². The van der Waals surface area contributed by atoms with E-state index in [1.165, 1.54) is 54.8 Å². The third-order valence-corrected chi connectivity index (χ3v) is 8.99. The van der Waals surface area contributed by atoms with Crippen LogP contribution in [-0.2, 0) is 0 Å². The van der Waals surface area contributed by atoms with Crippen molar-refractivity contribution in [3.8, 4) is 45.5 Å². The Bertz CT molecular complexity index is 2320. The highest BCUT2D eigenvalue weighted by molar-refractivity contribution is 6.15. The Hall–Kier alpha value is -5.48. The number of nitrogens with zero attached hydrogens (tertiary/aromatic N) is 2. The summed E-state index contributed by atoms with van der Waals surface area (Å²) in [6, 6.07) is 39.3. The minimum Gasteiger partial charge on any atom is -0.453 e. The first-order chi connectivity index (χ1) is 20.6. The van der Waals surface area contributed by atoms with Crippen LogP contribution in [0, 0.1) is 13.8 Å². The normalized spacial score (nSPS) is 12.9. The lowest BCUT2D eigenvalue weighted by Gasteiger charge is -2.21. The van der Waals surface area contributed by atoms with Crippen molar-refractivity contribution in [2.45, 2.75) is 13.8 Å².